The zero-order valence-corrected chi connectivity index (χ0v) is 10.9. The molecule has 1 aromatic rings. The minimum atomic E-state index is -0.716. The third kappa shape index (κ3) is 3.89. The molecule has 1 heterocycles. The maximum Gasteiger partial charge on any atom is 3.00 e. The Morgan fingerprint density at radius 1 is 1.47 bits per heavy atom. The van der Waals surface area contributed by atoms with Gasteiger partial charge in [-0.2, -0.15) is 4.99 Å². The molecular formula is C7H9N6OY+2. The number of carbonyl (C=O) groups is 1. The zero-order chi connectivity index (χ0) is 10.7. The number of aliphatic imine (C=N–C) groups is 1. The fraction of sp³-hybridized carbons (Fsp3) is 0.143. The van der Waals surface area contributed by atoms with E-state index in [-0.39, 0.29) is 50.2 Å². The van der Waals surface area contributed by atoms with Gasteiger partial charge in [0.2, 0.25) is 0 Å². The number of rotatable bonds is 1. The van der Waals surface area contributed by atoms with Crippen molar-refractivity contribution in [2.24, 2.45) is 16.5 Å². The van der Waals surface area contributed by atoms with Crippen LogP contribution in [0.3, 0.4) is 0 Å². The molecule has 0 atom stereocenters. The number of hydrogen-bond donors (Lipinski definition) is 3. The summed E-state index contributed by atoms with van der Waals surface area (Å²) in [6.45, 7) is 1.62. The van der Waals surface area contributed by atoms with E-state index in [2.05, 4.69) is 21.2 Å². The number of anilines is 1. The molecule has 0 aliphatic carbocycles. The van der Waals surface area contributed by atoms with Crippen molar-refractivity contribution < 1.29 is 37.5 Å². The van der Waals surface area contributed by atoms with Crippen molar-refractivity contribution in [2.45, 2.75) is 6.92 Å². The van der Waals surface area contributed by atoms with Gasteiger partial charge >= 0.3 is 32.7 Å². The Kier molecular flexibility index (Phi) is 5.31. The molecule has 1 rings (SSSR count). The number of aryl methyl sites for hydroxylation is 1. The van der Waals surface area contributed by atoms with Crippen LogP contribution in [-0.2, 0) is 32.7 Å². The number of aromatic nitrogens is 2. The first-order valence-corrected chi connectivity index (χ1v) is 3.66. The summed E-state index contributed by atoms with van der Waals surface area (Å²) in [5.41, 5.74) is 15.8. The Labute approximate surface area is 111 Å². The van der Waals surface area contributed by atoms with Gasteiger partial charge in [0.05, 0.1) is 5.69 Å². The monoisotopic (exact) mass is 282 g/mol. The van der Waals surface area contributed by atoms with Crippen molar-refractivity contribution in [2.75, 3.05) is 5.73 Å². The summed E-state index contributed by atoms with van der Waals surface area (Å²) in [6, 6.07) is 0. The largest absolute Gasteiger partial charge is 3.00 e. The Morgan fingerprint density at radius 3 is 2.60 bits per heavy atom. The predicted octanol–water partition coefficient (Wildman–Crippen LogP) is -1.42. The van der Waals surface area contributed by atoms with Crippen LogP contribution in [0.25, 0.3) is 0 Å². The normalized spacial score (nSPS) is 8.87. The first-order valence-electron chi connectivity index (χ1n) is 3.66. The van der Waals surface area contributed by atoms with E-state index in [1.54, 1.807) is 6.92 Å². The van der Waals surface area contributed by atoms with E-state index in [0.29, 0.717) is 5.69 Å². The number of nitrogens with two attached hydrogens (primary N) is 3. The molecule has 0 unspecified atom stereocenters. The quantitative estimate of drug-likeness (QED) is 0.329. The van der Waals surface area contributed by atoms with E-state index < -0.39 is 5.91 Å². The van der Waals surface area contributed by atoms with Crippen LogP contribution in [-0.4, -0.2) is 21.8 Å². The van der Waals surface area contributed by atoms with Crippen LogP contribution in [0.1, 0.15) is 16.2 Å². The van der Waals surface area contributed by atoms with E-state index in [0.717, 1.165) is 0 Å². The van der Waals surface area contributed by atoms with Crippen molar-refractivity contribution in [3.8, 4) is 0 Å². The average molecular weight is 282 g/mol. The molecule has 0 saturated carbocycles. The van der Waals surface area contributed by atoms with E-state index in [9.17, 15) is 4.79 Å². The number of nitrogens with zero attached hydrogens (tertiary/aromatic N) is 3. The van der Waals surface area contributed by atoms with Gasteiger partial charge in [-0.1, -0.05) is 0 Å². The maximum absolute atomic E-state index is 11.3. The zero-order valence-electron chi connectivity index (χ0n) is 8.06. The van der Waals surface area contributed by atoms with Gasteiger partial charge in [-0.15, -0.1) is 6.20 Å². The fourth-order valence-electron chi connectivity index (χ4n) is 0.772. The van der Waals surface area contributed by atoms with Crippen molar-refractivity contribution in [1.82, 2.24) is 9.97 Å². The molecule has 0 bridgehead atoms. The molecule has 0 saturated heterocycles. The maximum atomic E-state index is 11.3. The summed E-state index contributed by atoms with van der Waals surface area (Å²) >= 11 is 0. The molecule has 1 aromatic heterocycles. The number of hydrogen-bond acceptors (Lipinski definition) is 4. The molecule has 0 aliphatic heterocycles. The van der Waals surface area contributed by atoms with E-state index in [4.69, 9.17) is 17.2 Å². The van der Waals surface area contributed by atoms with Crippen LogP contribution in [0.4, 0.5) is 5.82 Å². The van der Waals surface area contributed by atoms with Gasteiger partial charge in [0.15, 0.2) is 5.96 Å². The van der Waals surface area contributed by atoms with Crippen LogP contribution in [0.15, 0.2) is 4.99 Å². The molecule has 74 valence electrons. The van der Waals surface area contributed by atoms with Gasteiger partial charge in [-0.05, 0) is 18.4 Å². The van der Waals surface area contributed by atoms with Crippen molar-refractivity contribution in [3.05, 3.63) is 17.6 Å². The average Bonchev–Trinajstić information content (AvgIpc) is 2.08. The van der Waals surface area contributed by atoms with Gasteiger partial charge in [0.25, 0.3) is 5.91 Å². The van der Waals surface area contributed by atoms with Crippen LogP contribution in [0, 0.1) is 13.1 Å². The van der Waals surface area contributed by atoms with Gasteiger partial charge < -0.3 is 22.2 Å². The minimum absolute atomic E-state index is 0. The summed E-state index contributed by atoms with van der Waals surface area (Å²) in [6.07, 6.45) is 2.50. The Hall–Kier alpha value is -1.08. The molecule has 6 N–H and O–H groups in total. The van der Waals surface area contributed by atoms with Gasteiger partial charge in [0.1, 0.15) is 0 Å². The second-order valence-corrected chi connectivity index (χ2v) is 2.50. The van der Waals surface area contributed by atoms with Crippen LogP contribution >= 0.6 is 0 Å². The van der Waals surface area contributed by atoms with E-state index in [1.165, 1.54) is 0 Å². The summed E-state index contributed by atoms with van der Waals surface area (Å²) < 4.78 is 0. The van der Waals surface area contributed by atoms with Gasteiger partial charge in [-0.25, -0.2) is 0 Å². The summed E-state index contributed by atoms with van der Waals surface area (Å²) in [5, 5.41) is 0. The molecule has 0 fully saturated rings. The van der Waals surface area contributed by atoms with Gasteiger partial charge in [0, 0.05) is 0 Å². The predicted molar refractivity (Wildman–Crippen MR) is 50.2 cm³/mol. The molecular weight excluding hydrogens is 273 g/mol. The second-order valence-electron chi connectivity index (χ2n) is 2.50. The number of nitrogen functional groups attached to an aromatic ring is 1. The Morgan fingerprint density at radius 2 is 2.07 bits per heavy atom. The van der Waals surface area contributed by atoms with E-state index >= 15 is 0 Å². The molecule has 0 spiro atoms. The minimum Gasteiger partial charge on any atom is -0.458 e. The molecule has 15 heavy (non-hydrogen) atoms. The first-order chi connectivity index (χ1) is 6.50. The Balaban J connectivity index is 0.00000196. The van der Waals surface area contributed by atoms with Gasteiger partial charge in [-0.3, -0.25) is 9.78 Å². The molecule has 8 heteroatoms. The number of amides is 1. The molecule has 0 radical (unpaired) electrons. The van der Waals surface area contributed by atoms with Crippen LogP contribution < -0.4 is 17.2 Å². The third-order valence-corrected chi connectivity index (χ3v) is 1.29. The molecule has 1 amide bonds. The summed E-state index contributed by atoms with van der Waals surface area (Å²) in [7, 11) is 0. The number of guanidine groups is 1. The topological polar surface area (TPSA) is 133 Å². The summed E-state index contributed by atoms with van der Waals surface area (Å²) in [5.74, 6) is -1.11. The molecule has 0 aliphatic rings. The first kappa shape index (κ1) is 13.9. The molecule has 0 aromatic carbocycles. The van der Waals surface area contributed by atoms with E-state index in [1.807, 2.05) is 0 Å². The van der Waals surface area contributed by atoms with Crippen molar-refractivity contribution in [1.29, 1.82) is 0 Å². The standard InChI is InChI=1S/C7H9N6O.Y/c1-3-2-11-5(8)4(12-3)6(14)13-7(9)10;/h1H3,(H2,8,11)(H4,9,10,13,14);/q-1;+3. The SMILES string of the molecule is Cc1[c-]nc(N)c(C(=O)N=C(N)N)n1.[Y+3]. The molecule has 7 nitrogen and oxygen atoms in total. The smallest absolute Gasteiger partial charge is 0.458 e. The summed E-state index contributed by atoms with van der Waals surface area (Å²) in [4.78, 5) is 22.0. The van der Waals surface area contributed by atoms with Crippen molar-refractivity contribution >= 4 is 17.7 Å². The van der Waals surface area contributed by atoms with Crippen molar-refractivity contribution in [3.63, 3.8) is 0 Å². The Bertz CT molecular complexity index is 400. The van der Waals surface area contributed by atoms with Crippen LogP contribution in [0.2, 0.25) is 0 Å². The second kappa shape index (κ2) is 5.72. The number of carbonyl (C=O) groups excluding carboxylic acids is 1. The fourth-order valence-corrected chi connectivity index (χ4v) is 0.772. The van der Waals surface area contributed by atoms with Crippen LogP contribution in [0.5, 0.6) is 0 Å². The third-order valence-electron chi connectivity index (χ3n) is 1.29.